The van der Waals surface area contributed by atoms with E-state index in [1.165, 1.54) is 0 Å². The zero-order chi connectivity index (χ0) is 13.8. The molecule has 0 bridgehead atoms. The summed E-state index contributed by atoms with van der Waals surface area (Å²) >= 11 is 3.30. The molecule has 0 atom stereocenters. The SMILES string of the molecule is Cc1cc(OCC(=O)NCC(F)(F)F)ccc1Br. The molecule has 1 aromatic rings. The summed E-state index contributed by atoms with van der Waals surface area (Å²) in [5.74, 6) is -0.384. The van der Waals surface area contributed by atoms with Gasteiger partial charge in [0.15, 0.2) is 6.61 Å². The number of alkyl halides is 3. The fourth-order valence-electron chi connectivity index (χ4n) is 1.11. The van der Waals surface area contributed by atoms with Crippen molar-refractivity contribution in [1.29, 1.82) is 0 Å². The minimum Gasteiger partial charge on any atom is -0.484 e. The van der Waals surface area contributed by atoms with Gasteiger partial charge in [0.05, 0.1) is 0 Å². The molecule has 18 heavy (non-hydrogen) atoms. The van der Waals surface area contributed by atoms with Crippen LogP contribution in [0.2, 0.25) is 0 Å². The average Bonchev–Trinajstić information content (AvgIpc) is 2.27. The maximum Gasteiger partial charge on any atom is 0.405 e. The monoisotopic (exact) mass is 325 g/mol. The van der Waals surface area contributed by atoms with Gasteiger partial charge in [-0.3, -0.25) is 4.79 Å². The number of amides is 1. The van der Waals surface area contributed by atoms with Crippen molar-refractivity contribution in [2.45, 2.75) is 13.1 Å². The van der Waals surface area contributed by atoms with E-state index in [2.05, 4.69) is 15.9 Å². The predicted molar refractivity (Wildman–Crippen MR) is 63.4 cm³/mol. The van der Waals surface area contributed by atoms with Crippen LogP contribution >= 0.6 is 15.9 Å². The largest absolute Gasteiger partial charge is 0.484 e. The highest BCUT2D eigenvalue weighted by Gasteiger charge is 2.27. The highest BCUT2D eigenvalue weighted by atomic mass is 79.9. The number of carbonyl (C=O) groups is 1. The summed E-state index contributed by atoms with van der Waals surface area (Å²) in [6.07, 6.45) is -4.41. The van der Waals surface area contributed by atoms with Crippen LogP contribution in [0.15, 0.2) is 22.7 Å². The van der Waals surface area contributed by atoms with Gasteiger partial charge in [-0.1, -0.05) is 15.9 Å². The Morgan fingerprint density at radius 2 is 2.11 bits per heavy atom. The van der Waals surface area contributed by atoms with E-state index in [1.807, 2.05) is 6.92 Å². The van der Waals surface area contributed by atoms with Crippen molar-refractivity contribution in [3.63, 3.8) is 0 Å². The molecule has 0 spiro atoms. The molecular formula is C11H11BrF3NO2. The van der Waals surface area contributed by atoms with Crippen LogP contribution in [-0.2, 0) is 4.79 Å². The van der Waals surface area contributed by atoms with Gasteiger partial charge in [-0.2, -0.15) is 13.2 Å². The van der Waals surface area contributed by atoms with Crippen molar-refractivity contribution in [3.8, 4) is 5.75 Å². The lowest BCUT2D eigenvalue weighted by molar-refractivity contribution is -0.139. The summed E-state index contributed by atoms with van der Waals surface area (Å²) in [7, 11) is 0. The molecule has 1 rings (SSSR count). The van der Waals surface area contributed by atoms with Gasteiger partial charge in [-0.05, 0) is 30.7 Å². The standard InChI is InChI=1S/C11H11BrF3NO2/c1-7-4-8(2-3-9(7)12)18-5-10(17)16-6-11(13,14)15/h2-4H,5-6H2,1H3,(H,16,17). The van der Waals surface area contributed by atoms with Gasteiger partial charge in [0.25, 0.3) is 5.91 Å². The first kappa shape index (κ1) is 14.8. The Labute approximate surface area is 110 Å². The Kier molecular flexibility index (Phi) is 5.01. The number of nitrogens with one attached hydrogen (secondary N) is 1. The van der Waals surface area contributed by atoms with Crippen LogP contribution in [0.3, 0.4) is 0 Å². The number of ether oxygens (including phenoxy) is 1. The zero-order valence-electron chi connectivity index (χ0n) is 9.47. The van der Waals surface area contributed by atoms with Crippen LogP contribution in [0.5, 0.6) is 5.75 Å². The maximum atomic E-state index is 11.8. The Bertz CT molecular complexity index is 435. The van der Waals surface area contributed by atoms with Gasteiger partial charge in [0, 0.05) is 4.47 Å². The normalized spacial score (nSPS) is 11.2. The minimum atomic E-state index is -4.41. The van der Waals surface area contributed by atoms with E-state index in [-0.39, 0.29) is 0 Å². The number of halogens is 4. The average molecular weight is 326 g/mol. The van der Waals surface area contributed by atoms with E-state index >= 15 is 0 Å². The van der Waals surface area contributed by atoms with Crippen LogP contribution in [0.4, 0.5) is 13.2 Å². The van der Waals surface area contributed by atoms with Crippen LogP contribution in [0.25, 0.3) is 0 Å². The summed E-state index contributed by atoms with van der Waals surface area (Å²) in [4.78, 5) is 11.1. The van der Waals surface area contributed by atoms with Crippen LogP contribution in [-0.4, -0.2) is 25.2 Å². The lowest BCUT2D eigenvalue weighted by Crippen LogP contribution is -2.36. The molecule has 7 heteroatoms. The summed E-state index contributed by atoms with van der Waals surface area (Å²) < 4.78 is 41.4. The number of aryl methyl sites for hydroxylation is 1. The molecule has 0 aliphatic rings. The molecule has 0 aliphatic heterocycles. The predicted octanol–water partition coefficient (Wildman–Crippen LogP) is 2.81. The Morgan fingerprint density at radius 3 is 2.67 bits per heavy atom. The summed E-state index contributed by atoms with van der Waals surface area (Å²) in [5, 5.41) is 1.72. The van der Waals surface area contributed by atoms with E-state index in [4.69, 9.17) is 4.74 Å². The molecule has 0 aliphatic carbocycles. The molecule has 0 radical (unpaired) electrons. The fraction of sp³-hybridized carbons (Fsp3) is 0.364. The van der Waals surface area contributed by atoms with Crippen molar-refractivity contribution < 1.29 is 22.7 Å². The lowest BCUT2D eigenvalue weighted by atomic mass is 10.2. The molecule has 0 unspecified atom stereocenters. The quantitative estimate of drug-likeness (QED) is 0.924. The van der Waals surface area contributed by atoms with E-state index < -0.39 is 25.2 Å². The fourth-order valence-corrected chi connectivity index (χ4v) is 1.35. The molecule has 0 saturated heterocycles. The van der Waals surface area contributed by atoms with Crippen molar-refractivity contribution in [2.75, 3.05) is 13.2 Å². The van der Waals surface area contributed by atoms with E-state index in [0.717, 1.165) is 10.0 Å². The smallest absolute Gasteiger partial charge is 0.405 e. The van der Waals surface area contributed by atoms with Gasteiger partial charge < -0.3 is 10.1 Å². The molecule has 1 aromatic carbocycles. The molecular weight excluding hydrogens is 315 g/mol. The van der Waals surface area contributed by atoms with Crippen LogP contribution in [0, 0.1) is 6.92 Å². The summed E-state index contributed by atoms with van der Waals surface area (Å²) in [5.41, 5.74) is 0.906. The number of hydrogen-bond donors (Lipinski definition) is 1. The van der Waals surface area contributed by atoms with Crippen molar-refractivity contribution >= 4 is 21.8 Å². The zero-order valence-corrected chi connectivity index (χ0v) is 11.1. The second kappa shape index (κ2) is 6.08. The lowest BCUT2D eigenvalue weighted by Gasteiger charge is -2.10. The first-order chi connectivity index (χ1) is 8.28. The number of carbonyl (C=O) groups excluding carboxylic acids is 1. The first-order valence-electron chi connectivity index (χ1n) is 5.00. The number of hydrogen-bond acceptors (Lipinski definition) is 2. The van der Waals surface area contributed by atoms with Crippen LogP contribution in [0.1, 0.15) is 5.56 Å². The third kappa shape index (κ3) is 5.39. The molecule has 100 valence electrons. The minimum absolute atomic E-state index is 0.429. The third-order valence-electron chi connectivity index (χ3n) is 1.99. The molecule has 1 N–H and O–H groups in total. The molecule has 1 amide bonds. The third-order valence-corrected chi connectivity index (χ3v) is 2.88. The van der Waals surface area contributed by atoms with Gasteiger partial charge in [-0.15, -0.1) is 0 Å². The summed E-state index contributed by atoms with van der Waals surface area (Å²) in [6, 6.07) is 5.04. The molecule has 0 fully saturated rings. The first-order valence-corrected chi connectivity index (χ1v) is 5.79. The Hall–Kier alpha value is -1.24. The summed E-state index contributed by atoms with van der Waals surface area (Å²) in [6.45, 7) is 0.0341. The molecule has 0 heterocycles. The van der Waals surface area contributed by atoms with Gasteiger partial charge in [0.2, 0.25) is 0 Å². The molecule has 0 saturated carbocycles. The second-order valence-electron chi connectivity index (χ2n) is 3.59. The number of benzene rings is 1. The highest BCUT2D eigenvalue weighted by molar-refractivity contribution is 9.10. The highest BCUT2D eigenvalue weighted by Crippen LogP contribution is 2.21. The van der Waals surface area contributed by atoms with Crippen molar-refractivity contribution in [1.82, 2.24) is 5.32 Å². The van der Waals surface area contributed by atoms with E-state index in [0.29, 0.717) is 5.75 Å². The molecule has 3 nitrogen and oxygen atoms in total. The maximum absolute atomic E-state index is 11.8. The van der Waals surface area contributed by atoms with Crippen molar-refractivity contribution in [3.05, 3.63) is 28.2 Å². The van der Waals surface area contributed by atoms with Crippen LogP contribution < -0.4 is 10.1 Å². The van der Waals surface area contributed by atoms with Crippen molar-refractivity contribution in [2.24, 2.45) is 0 Å². The van der Waals surface area contributed by atoms with Gasteiger partial charge in [-0.25, -0.2) is 0 Å². The molecule has 0 aromatic heterocycles. The Balaban J connectivity index is 2.40. The second-order valence-corrected chi connectivity index (χ2v) is 4.45. The van der Waals surface area contributed by atoms with Gasteiger partial charge >= 0.3 is 6.18 Å². The number of rotatable bonds is 4. The Morgan fingerprint density at radius 1 is 1.44 bits per heavy atom. The van der Waals surface area contributed by atoms with Gasteiger partial charge in [0.1, 0.15) is 12.3 Å². The van der Waals surface area contributed by atoms with E-state index in [9.17, 15) is 18.0 Å². The topological polar surface area (TPSA) is 38.3 Å². The van der Waals surface area contributed by atoms with E-state index in [1.54, 1.807) is 23.5 Å².